The van der Waals surface area contributed by atoms with Crippen molar-refractivity contribution in [2.75, 3.05) is 0 Å². The maximum absolute atomic E-state index is 12.1. The molecule has 0 fully saturated rings. The van der Waals surface area contributed by atoms with Gasteiger partial charge in [-0.2, -0.15) is 0 Å². The summed E-state index contributed by atoms with van der Waals surface area (Å²) in [6.45, 7) is 4.51. The third-order valence-electron chi connectivity index (χ3n) is 2.30. The molecule has 0 aliphatic rings. The maximum Gasteiger partial charge on any atom is 0.232 e. The van der Waals surface area contributed by atoms with Gasteiger partial charge in [-0.15, -0.1) is 5.10 Å². The fourth-order valence-corrected chi connectivity index (χ4v) is 1.45. The first-order chi connectivity index (χ1) is 8.22. The lowest BCUT2D eigenvalue weighted by atomic mass is 10.2. The topological polar surface area (TPSA) is 73.6 Å². The van der Waals surface area contributed by atoms with Crippen molar-refractivity contribution in [1.29, 1.82) is 0 Å². The Kier molecular flexibility index (Phi) is 3.22. The second kappa shape index (κ2) is 4.82. The largest absolute Gasteiger partial charge is 0.285 e. The molecular weight excluding hydrogens is 218 g/mol. The average Bonchev–Trinajstić information content (AvgIpc) is 2.78. The summed E-state index contributed by atoms with van der Waals surface area (Å²) < 4.78 is 1.59. The third kappa shape index (κ3) is 2.35. The van der Waals surface area contributed by atoms with Gasteiger partial charge in [0.2, 0.25) is 5.78 Å². The Labute approximate surface area is 98.7 Å². The van der Waals surface area contributed by atoms with Gasteiger partial charge in [0.25, 0.3) is 0 Å². The smallest absolute Gasteiger partial charge is 0.232 e. The normalized spacial score (nSPS) is 10.5. The van der Waals surface area contributed by atoms with Crippen LogP contribution in [0.3, 0.4) is 0 Å². The number of hydrogen-bond donors (Lipinski definition) is 0. The van der Waals surface area contributed by atoms with E-state index in [9.17, 15) is 4.79 Å². The highest BCUT2D eigenvalue weighted by Crippen LogP contribution is 2.06. The summed E-state index contributed by atoms with van der Waals surface area (Å²) in [4.78, 5) is 20.2. The number of aromatic nitrogens is 5. The van der Waals surface area contributed by atoms with Crippen molar-refractivity contribution in [2.45, 2.75) is 26.8 Å². The van der Waals surface area contributed by atoms with E-state index >= 15 is 0 Å². The van der Waals surface area contributed by atoms with Crippen LogP contribution in [0.4, 0.5) is 0 Å². The predicted octanol–water partition coefficient (Wildman–Crippen LogP) is 1.02. The Balaban J connectivity index is 2.30. The molecule has 6 nitrogen and oxygen atoms in total. The standard InChI is InChI=1S/C11H13N5O/c1-3-4-16-10(7-14-15-16)11(17)9-6-12-8(2)5-13-9/h5-7H,3-4H2,1-2H3. The van der Waals surface area contributed by atoms with Gasteiger partial charge in [-0.3, -0.25) is 9.78 Å². The Morgan fingerprint density at radius 3 is 2.76 bits per heavy atom. The molecule has 88 valence electrons. The van der Waals surface area contributed by atoms with Crippen LogP contribution in [0.2, 0.25) is 0 Å². The lowest BCUT2D eigenvalue weighted by Crippen LogP contribution is -2.13. The van der Waals surface area contributed by atoms with Crippen molar-refractivity contribution in [3.63, 3.8) is 0 Å². The van der Waals surface area contributed by atoms with Crippen LogP contribution in [0.1, 0.15) is 35.2 Å². The van der Waals surface area contributed by atoms with E-state index in [1.165, 1.54) is 12.4 Å². The molecule has 0 atom stereocenters. The maximum atomic E-state index is 12.1. The van der Waals surface area contributed by atoms with E-state index in [1.807, 2.05) is 13.8 Å². The second-order valence-corrected chi connectivity index (χ2v) is 3.71. The van der Waals surface area contributed by atoms with Gasteiger partial charge in [0.05, 0.1) is 18.1 Å². The van der Waals surface area contributed by atoms with Gasteiger partial charge in [-0.25, -0.2) is 9.67 Å². The molecule has 0 unspecified atom stereocenters. The fourth-order valence-electron chi connectivity index (χ4n) is 1.45. The third-order valence-corrected chi connectivity index (χ3v) is 2.30. The minimum Gasteiger partial charge on any atom is -0.285 e. The van der Waals surface area contributed by atoms with E-state index < -0.39 is 0 Å². The lowest BCUT2D eigenvalue weighted by molar-refractivity contribution is 0.102. The van der Waals surface area contributed by atoms with Crippen molar-refractivity contribution < 1.29 is 4.79 Å². The summed E-state index contributed by atoms with van der Waals surface area (Å²) in [6.07, 6.45) is 5.39. The van der Waals surface area contributed by atoms with E-state index in [-0.39, 0.29) is 5.78 Å². The van der Waals surface area contributed by atoms with Gasteiger partial charge in [0.15, 0.2) is 0 Å². The minimum absolute atomic E-state index is 0.198. The van der Waals surface area contributed by atoms with E-state index in [0.717, 1.165) is 12.1 Å². The van der Waals surface area contributed by atoms with E-state index in [1.54, 1.807) is 10.9 Å². The molecule has 0 radical (unpaired) electrons. The Morgan fingerprint density at radius 1 is 1.29 bits per heavy atom. The first kappa shape index (κ1) is 11.4. The van der Waals surface area contributed by atoms with Crippen molar-refractivity contribution in [2.24, 2.45) is 0 Å². The zero-order valence-corrected chi connectivity index (χ0v) is 9.79. The van der Waals surface area contributed by atoms with E-state index in [4.69, 9.17) is 0 Å². The molecule has 0 spiro atoms. The molecule has 0 amide bonds. The van der Waals surface area contributed by atoms with Crippen LogP contribution in [0, 0.1) is 6.92 Å². The van der Waals surface area contributed by atoms with Crippen molar-refractivity contribution in [1.82, 2.24) is 25.0 Å². The number of rotatable bonds is 4. The first-order valence-corrected chi connectivity index (χ1v) is 5.44. The monoisotopic (exact) mass is 231 g/mol. The molecule has 0 aliphatic carbocycles. The molecule has 2 heterocycles. The number of aryl methyl sites for hydroxylation is 2. The minimum atomic E-state index is -0.198. The molecule has 0 saturated carbocycles. The summed E-state index contributed by atoms with van der Waals surface area (Å²) in [7, 11) is 0. The molecule has 0 aromatic carbocycles. The van der Waals surface area contributed by atoms with Crippen molar-refractivity contribution >= 4 is 5.78 Å². The Bertz CT molecular complexity index is 517. The van der Waals surface area contributed by atoms with E-state index in [0.29, 0.717) is 17.9 Å². The highest BCUT2D eigenvalue weighted by Gasteiger charge is 2.16. The number of ketones is 1. The number of carbonyl (C=O) groups is 1. The average molecular weight is 231 g/mol. The molecule has 0 N–H and O–H groups in total. The molecular formula is C11H13N5O. The molecule has 2 aromatic heterocycles. The molecule has 2 rings (SSSR count). The fraction of sp³-hybridized carbons (Fsp3) is 0.364. The van der Waals surface area contributed by atoms with Gasteiger partial charge in [0.1, 0.15) is 11.4 Å². The molecule has 0 saturated heterocycles. The van der Waals surface area contributed by atoms with Gasteiger partial charge in [-0.1, -0.05) is 12.1 Å². The van der Waals surface area contributed by atoms with Crippen LogP contribution < -0.4 is 0 Å². The first-order valence-electron chi connectivity index (χ1n) is 5.44. The summed E-state index contributed by atoms with van der Waals surface area (Å²) in [5.41, 5.74) is 1.54. The van der Waals surface area contributed by atoms with Gasteiger partial charge in [0, 0.05) is 12.7 Å². The van der Waals surface area contributed by atoms with Crippen LogP contribution in [0.15, 0.2) is 18.6 Å². The van der Waals surface area contributed by atoms with Crippen molar-refractivity contribution in [3.05, 3.63) is 35.7 Å². The summed E-state index contributed by atoms with van der Waals surface area (Å²) >= 11 is 0. The molecule has 0 bridgehead atoms. The van der Waals surface area contributed by atoms with Crippen LogP contribution in [-0.2, 0) is 6.54 Å². The summed E-state index contributed by atoms with van der Waals surface area (Å²) in [6, 6.07) is 0. The van der Waals surface area contributed by atoms with E-state index in [2.05, 4.69) is 20.3 Å². The number of hydrogen-bond acceptors (Lipinski definition) is 5. The highest BCUT2D eigenvalue weighted by molar-refractivity contribution is 6.06. The van der Waals surface area contributed by atoms with Crippen LogP contribution in [0.5, 0.6) is 0 Å². The molecule has 0 aliphatic heterocycles. The SMILES string of the molecule is CCCn1nncc1C(=O)c1cnc(C)cn1. The van der Waals surface area contributed by atoms with Crippen LogP contribution >= 0.6 is 0 Å². The quantitative estimate of drug-likeness (QED) is 0.734. The van der Waals surface area contributed by atoms with Gasteiger partial charge in [-0.05, 0) is 13.3 Å². The molecule has 2 aromatic rings. The zero-order valence-electron chi connectivity index (χ0n) is 9.79. The number of carbonyl (C=O) groups excluding carboxylic acids is 1. The predicted molar refractivity (Wildman–Crippen MR) is 60.5 cm³/mol. The van der Waals surface area contributed by atoms with Crippen LogP contribution in [0.25, 0.3) is 0 Å². The summed E-state index contributed by atoms with van der Waals surface area (Å²) in [5, 5.41) is 7.62. The Hall–Kier alpha value is -2.11. The molecule has 6 heteroatoms. The zero-order chi connectivity index (χ0) is 12.3. The number of nitrogens with zero attached hydrogens (tertiary/aromatic N) is 5. The second-order valence-electron chi connectivity index (χ2n) is 3.71. The van der Waals surface area contributed by atoms with Crippen molar-refractivity contribution in [3.8, 4) is 0 Å². The van der Waals surface area contributed by atoms with Crippen LogP contribution in [-0.4, -0.2) is 30.7 Å². The van der Waals surface area contributed by atoms with Gasteiger partial charge >= 0.3 is 0 Å². The molecule has 17 heavy (non-hydrogen) atoms. The Morgan fingerprint density at radius 2 is 2.12 bits per heavy atom. The lowest BCUT2D eigenvalue weighted by Gasteiger charge is -2.02. The van der Waals surface area contributed by atoms with Gasteiger partial charge < -0.3 is 0 Å². The summed E-state index contributed by atoms with van der Waals surface area (Å²) in [5.74, 6) is -0.198. The highest BCUT2D eigenvalue weighted by atomic mass is 16.1.